The van der Waals surface area contributed by atoms with Gasteiger partial charge in [0.2, 0.25) is 0 Å². The van der Waals surface area contributed by atoms with Crippen molar-refractivity contribution >= 4 is 11.7 Å². The topological polar surface area (TPSA) is 79.1 Å². The van der Waals surface area contributed by atoms with Crippen LogP contribution in [0.4, 0.5) is 0 Å². The van der Waals surface area contributed by atoms with E-state index in [1.165, 1.54) is 12.1 Å². The second-order valence-electron chi connectivity index (χ2n) is 2.85. The Bertz CT molecular complexity index is 426. The molecule has 0 aliphatic carbocycles. The number of benzene rings is 1. The number of hydrogen-bond donors (Lipinski definition) is 2. The molecule has 5 nitrogen and oxygen atoms in total. The maximum Gasteiger partial charge on any atom is 0.358 e. The first kappa shape index (κ1) is 11.8. The molecule has 0 amide bonds. The van der Waals surface area contributed by atoms with Crippen molar-refractivity contribution in [3.8, 4) is 5.75 Å². The van der Waals surface area contributed by atoms with Crippen LogP contribution in [0.15, 0.2) is 42.1 Å². The normalized spacial score (nSPS) is 10.9. The SMILES string of the molecule is C=CCOc1ccccc1/C(=N\O)C(=O)O. The van der Waals surface area contributed by atoms with Gasteiger partial charge < -0.3 is 15.1 Å². The first-order valence-electron chi connectivity index (χ1n) is 4.49. The van der Waals surface area contributed by atoms with E-state index in [1.54, 1.807) is 18.2 Å². The predicted molar refractivity (Wildman–Crippen MR) is 58.1 cm³/mol. The highest BCUT2D eigenvalue weighted by Crippen LogP contribution is 2.19. The monoisotopic (exact) mass is 221 g/mol. The highest BCUT2D eigenvalue weighted by atomic mass is 16.5. The van der Waals surface area contributed by atoms with Gasteiger partial charge in [-0.15, -0.1) is 0 Å². The minimum Gasteiger partial charge on any atom is -0.489 e. The molecule has 0 bridgehead atoms. The van der Waals surface area contributed by atoms with Crippen molar-refractivity contribution in [2.24, 2.45) is 5.16 Å². The Balaban J connectivity index is 3.11. The molecule has 0 heterocycles. The molecule has 0 saturated carbocycles. The van der Waals surface area contributed by atoms with Crippen molar-refractivity contribution in [1.29, 1.82) is 0 Å². The summed E-state index contributed by atoms with van der Waals surface area (Å²) in [6, 6.07) is 6.41. The van der Waals surface area contributed by atoms with Crippen LogP contribution in [0, 0.1) is 0 Å². The third-order valence-electron chi connectivity index (χ3n) is 1.80. The van der Waals surface area contributed by atoms with Gasteiger partial charge in [0.15, 0.2) is 5.71 Å². The summed E-state index contributed by atoms with van der Waals surface area (Å²) in [5.74, 6) is -0.991. The molecule has 1 rings (SSSR count). The van der Waals surface area contributed by atoms with Gasteiger partial charge in [0.05, 0.1) is 5.56 Å². The maximum atomic E-state index is 10.8. The van der Waals surface area contributed by atoms with Crippen LogP contribution >= 0.6 is 0 Å². The molecule has 0 radical (unpaired) electrons. The van der Waals surface area contributed by atoms with E-state index < -0.39 is 11.7 Å². The Kier molecular flexibility index (Phi) is 4.08. The molecule has 0 fully saturated rings. The average Bonchev–Trinajstić information content (AvgIpc) is 2.28. The van der Waals surface area contributed by atoms with Crippen LogP contribution in [-0.4, -0.2) is 28.6 Å². The number of oxime groups is 1. The highest BCUT2D eigenvalue weighted by molar-refractivity contribution is 6.43. The molecule has 0 saturated heterocycles. The molecule has 0 atom stereocenters. The van der Waals surface area contributed by atoms with Gasteiger partial charge in [0.25, 0.3) is 0 Å². The summed E-state index contributed by atoms with van der Waals surface area (Å²) >= 11 is 0. The number of carboxylic acid groups (broad SMARTS) is 1. The second-order valence-corrected chi connectivity index (χ2v) is 2.85. The summed E-state index contributed by atoms with van der Waals surface area (Å²) in [6.07, 6.45) is 1.54. The lowest BCUT2D eigenvalue weighted by molar-refractivity contribution is -0.129. The number of aliphatic carboxylic acids is 1. The fourth-order valence-electron chi connectivity index (χ4n) is 1.15. The molecule has 84 valence electrons. The first-order valence-corrected chi connectivity index (χ1v) is 4.49. The third-order valence-corrected chi connectivity index (χ3v) is 1.80. The number of nitrogens with zero attached hydrogens (tertiary/aromatic N) is 1. The van der Waals surface area contributed by atoms with Crippen molar-refractivity contribution in [2.75, 3.05) is 6.61 Å². The zero-order valence-corrected chi connectivity index (χ0v) is 8.46. The van der Waals surface area contributed by atoms with E-state index in [0.717, 1.165) is 0 Å². The van der Waals surface area contributed by atoms with E-state index in [-0.39, 0.29) is 12.2 Å². The largest absolute Gasteiger partial charge is 0.489 e. The van der Waals surface area contributed by atoms with Crippen LogP contribution in [0.25, 0.3) is 0 Å². The summed E-state index contributed by atoms with van der Waals surface area (Å²) in [5.41, 5.74) is -0.237. The zero-order valence-electron chi connectivity index (χ0n) is 8.46. The molecular weight excluding hydrogens is 210 g/mol. The van der Waals surface area contributed by atoms with Crippen molar-refractivity contribution in [3.05, 3.63) is 42.5 Å². The fourth-order valence-corrected chi connectivity index (χ4v) is 1.15. The summed E-state index contributed by atoms with van der Waals surface area (Å²) in [5, 5.41) is 20.2. The van der Waals surface area contributed by atoms with Crippen LogP contribution < -0.4 is 4.74 Å². The number of ether oxygens (including phenoxy) is 1. The molecule has 16 heavy (non-hydrogen) atoms. The van der Waals surface area contributed by atoms with Crippen molar-refractivity contribution in [2.45, 2.75) is 0 Å². The summed E-state index contributed by atoms with van der Waals surface area (Å²) in [7, 11) is 0. The van der Waals surface area contributed by atoms with Gasteiger partial charge in [-0.3, -0.25) is 0 Å². The molecule has 1 aromatic carbocycles. The molecule has 0 aromatic heterocycles. The van der Waals surface area contributed by atoms with E-state index in [1.807, 2.05) is 0 Å². The minimum atomic E-state index is -1.32. The van der Waals surface area contributed by atoms with Crippen LogP contribution in [0.2, 0.25) is 0 Å². The average molecular weight is 221 g/mol. The molecule has 0 unspecified atom stereocenters. The van der Waals surface area contributed by atoms with E-state index in [9.17, 15) is 4.79 Å². The third kappa shape index (κ3) is 2.60. The van der Waals surface area contributed by atoms with Gasteiger partial charge in [-0.05, 0) is 12.1 Å². The molecule has 0 spiro atoms. The number of carbonyl (C=O) groups is 1. The van der Waals surface area contributed by atoms with Crippen LogP contribution in [0.5, 0.6) is 5.75 Å². The standard InChI is InChI=1S/C11H11NO4/c1-2-7-16-9-6-4-3-5-8(9)10(12-15)11(13)14/h2-6,15H,1,7H2,(H,13,14)/b12-10+. The molecule has 0 aliphatic rings. The Labute approximate surface area is 92.3 Å². The lowest BCUT2D eigenvalue weighted by atomic mass is 10.1. The number of para-hydroxylation sites is 1. The van der Waals surface area contributed by atoms with Crippen LogP contribution in [-0.2, 0) is 4.79 Å². The number of carboxylic acids is 1. The van der Waals surface area contributed by atoms with Gasteiger partial charge in [-0.25, -0.2) is 4.79 Å². The molecular formula is C11H11NO4. The zero-order chi connectivity index (χ0) is 12.0. The van der Waals surface area contributed by atoms with E-state index in [4.69, 9.17) is 15.1 Å². The summed E-state index contributed by atoms with van der Waals surface area (Å²) in [6.45, 7) is 3.73. The van der Waals surface area contributed by atoms with Crippen molar-refractivity contribution in [1.82, 2.24) is 0 Å². The Morgan fingerprint density at radius 2 is 2.19 bits per heavy atom. The van der Waals surface area contributed by atoms with Gasteiger partial charge >= 0.3 is 5.97 Å². The Hall–Kier alpha value is -2.30. The van der Waals surface area contributed by atoms with Gasteiger partial charge in [0.1, 0.15) is 12.4 Å². The Morgan fingerprint density at radius 1 is 1.50 bits per heavy atom. The molecule has 5 heteroatoms. The lowest BCUT2D eigenvalue weighted by Crippen LogP contribution is -2.15. The summed E-state index contributed by atoms with van der Waals surface area (Å²) in [4.78, 5) is 10.8. The second kappa shape index (κ2) is 5.55. The lowest BCUT2D eigenvalue weighted by Gasteiger charge is -2.08. The van der Waals surface area contributed by atoms with Crippen LogP contribution in [0.3, 0.4) is 0 Å². The van der Waals surface area contributed by atoms with E-state index >= 15 is 0 Å². The van der Waals surface area contributed by atoms with Crippen molar-refractivity contribution in [3.63, 3.8) is 0 Å². The van der Waals surface area contributed by atoms with Crippen molar-refractivity contribution < 1.29 is 19.8 Å². The van der Waals surface area contributed by atoms with Gasteiger partial charge in [-0.1, -0.05) is 29.9 Å². The Morgan fingerprint density at radius 3 is 2.75 bits per heavy atom. The molecule has 1 aromatic rings. The van der Waals surface area contributed by atoms with E-state index in [2.05, 4.69) is 11.7 Å². The number of hydrogen-bond acceptors (Lipinski definition) is 4. The smallest absolute Gasteiger partial charge is 0.358 e. The van der Waals surface area contributed by atoms with Crippen LogP contribution in [0.1, 0.15) is 5.56 Å². The highest BCUT2D eigenvalue weighted by Gasteiger charge is 2.17. The maximum absolute atomic E-state index is 10.8. The quantitative estimate of drug-likeness (QED) is 0.342. The summed E-state index contributed by atoms with van der Waals surface area (Å²) < 4.78 is 5.25. The minimum absolute atomic E-state index is 0.222. The predicted octanol–water partition coefficient (Wildman–Crippen LogP) is 1.51. The van der Waals surface area contributed by atoms with Gasteiger partial charge in [0, 0.05) is 0 Å². The molecule has 0 aliphatic heterocycles. The first-order chi connectivity index (χ1) is 7.70. The number of rotatable bonds is 5. The van der Waals surface area contributed by atoms with E-state index in [0.29, 0.717) is 5.75 Å². The van der Waals surface area contributed by atoms with Gasteiger partial charge in [-0.2, -0.15) is 0 Å². The fraction of sp³-hybridized carbons (Fsp3) is 0.0909. The molecule has 2 N–H and O–H groups in total.